The maximum Gasteiger partial charge on any atom is 0.417 e. The van der Waals surface area contributed by atoms with Gasteiger partial charge in [0, 0.05) is 18.8 Å². The number of methoxy groups -OCH3 is 1. The molecular weight excluding hydrogens is 311 g/mol. The predicted octanol–water partition coefficient (Wildman–Crippen LogP) is 3.34. The van der Waals surface area contributed by atoms with Crippen LogP contribution in [0.4, 0.5) is 13.2 Å². The molecule has 1 aromatic carbocycles. The van der Waals surface area contributed by atoms with E-state index in [4.69, 9.17) is 9.47 Å². The highest BCUT2D eigenvalue weighted by molar-refractivity contribution is 5.31. The van der Waals surface area contributed by atoms with E-state index < -0.39 is 17.3 Å². The van der Waals surface area contributed by atoms with Crippen LogP contribution in [0.1, 0.15) is 12.0 Å². The summed E-state index contributed by atoms with van der Waals surface area (Å²) in [6, 6.07) is 8.66. The van der Waals surface area contributed by atoms with Gasteiger partial charge in [-0.2, -0.15) is 13.2 Å². The number of aryl methyl sites for hydroxylation is 1. The van der Waals surface area contributed by atoms with Crippen molar-refractivity contribution in [3.8, 4) is 11.5 Å². The van der Waals surface area contributed by atoms with E-state index in [1.165, 1.54) is 0 Å². The van der Waals surface area contributed by atoms with E-state index in [0.717, 1.165) is 22.9 Å². The molecule has 124 valence electrons. The largest absolute Gasteiger partial charge is 0.497 e. The number of rotatable bonds is 6. The number of alkyl halides is 3. The number of pyridine rings is 1. The van der Waals surface area contributed by atoms with Crippen molar-refractivity contribution in [1.82, 2.24) is 4.57 Å². The first-order valence-corrected chi connectivity index (χ1v) is 6.95. The van der Waals surface area contributed by atoms with Gasteiger partial charge in [0.2, 0.25) is 0 Å². The minimum atomic E-state index is -4.46. The van der Waals surface area contributed by atoms with Gasteiger partial charge in [0.25, 0.3) is 5.56 Å². The van der Waals surface area contributed by atoms with Crippen LogP contribution in [-0.2, 0) is 12.7 Å². The van der Waals surface area contributed by atoms with Gasteiger partial charge in [-0.25, -0.2) is 0 Å². The van der Waals surface area contributed by atoms with Crippen molar-refractivity contribution in [2.75, 3.05) is 13.7 Å². The summed E-state index contributed by atoms with van der Waals surface area (Å²) in [6.07, 6.45) is -3.22. The van der Waals surface area contributed by atoms with Crippen molar-refractivity contribution in [1.29, 1.82) is 0 Å². The molecule has 1 aromatic heterocycles. The Morgan fingerprint density at radius 3 is 2.30 bits per heavy atom. The molecule has 0 radical (unpaired) electrons. The van der Waals surface area contributed by atoms with Gasteiger partial charge in [0.1, 0.15) is 11.5 Å². The summed E-state index contributed by atoms with van der Waals surface area (Å²) in [5, 5.41) is 0. The normalized spacial score (nSPS) is 11.3. The van der Waals surface area contributed by atoms with Crippen LogP contribution < -0.4 is 15.0 Å². The lowest BCUT2D eigenvalue weighted by molar-refractivity contribution is -0.138. The monoisotopic (exact) mass is 327 g/mol. The fourth-order valence-corrected chi connectivity index (χ4v) is 1.97. The summed E-state index contributed by atoms with van der Waals surface area (Å²) < 4.78 is 49.4. The number of hydrogen-bond donors (Lipinski definition) is 0. The van der Waals surface area contributed by atoms with Crippen LogP contribution in [0.2, 0.25) is 0 Å². The third-order valence-corrected chi connectivity index (χ3v) is 3.18. The number of ether oxygens (including phenoxy) is 2. The van der Waals surface area contributed by atoms with Gasteiger partial charge in [-0.1, -0.05) is 0 Å². The van der Waals surface area contributed by atoms with E-state index in [1.807, 2.05) is 0 Å². The van der Waals surface area contributed by atoms with E-state index in [0.29, 0.717) is 17.9 Å². The van der Waals surface area contributed by atoms with Crippen molar-refractivity contribution in [2.45, 2.75) is 19.1 Å². The van der Waals surface area contributed by atoms with Gasteiger partial charge in [0.15, 0.2) is 0 Å². The van der Waals surface area contributed by atoms with E-state index in [2.05, 4.69) is 0 Å². The molecular formula is C16H16F3NO3. The second-order valence-corrected chi connectivity index (χ2v) is 4.82. The Hall–Kier alpha value is -2.44. The Balaban J connectivity index is 1.89. The maximum absolute atomic E-state index is 12.6. The molecule has 0 aliphatic carbocycles. The molecule has 0 atom stereocenters. The fraction of sp³-hybridized carbons (Fsp3) is 0.312. The molecule has 2 aromatic rings. The molecule has 0 saturated heterocycles. The van der Waals surface area contributed by atoms with Crippen LogP contribution in [0.3, 0.4) is 0 Å². The molecule has 23 heavy (non-hydrogen) atoms. The first-order valence-electron chi connectivity index (χ1n) is 6.95. The van der Waals surface area contributed by atoms with Crippen molar-refractivity contribution in [3.63, 3.8) is 0 Å². The van der Waals surface area contributed by atoms with Gasteiger partial charge in [-0.05, 0) is 36.8 Å². The summed E-state index contributed by atoms with van der Waals surface area (Å²) >= 11 is 0. The highest BCUT2D eigenvalue weighted by atomic mass is 19.4. The van der Waals surface area contributed by atoms with E-state index in [-0.39, 0.29) is 13.2 Å². The third kappa shape index (κ3) is 4.77. The summed E-state index contributed by atoms with van der Waals surface area (Å²) in [5.74, 6) is 1.33. The molecule has 7 heteroatoms. The van der Waals surface area contributed by atoms with Crippen molar-refractivity contribution < 1.29 is 22.6 Å². The molecule has 0 spiro atoms. The summed E-state index contributed by atoms with van der Waals surface area (Å²) in [5.41, 5.74) is -1.31. The molecule has 4 nitrogen and oxygen atoms in total. The van der Waals surface area contributed by atoms with Crippen molar-refractivity contribution >= 4 is 0 Å². The Kier molecular flexibility index (Phi) is 5.31. The molecule has 0 unspecified atom stereocenters. The Morgan fingerprint density at radius 1 is 1.04 bits per heavy atom. The van der Waals surface area contributed by atoms with Crippen LogP contribution in [0.25, 0.3) is 0 Å². The van der Waals surface area contributed by atoms with Gasteiger partial charge in [0.05, 0.1) is 19.3 Å². The molecule has 1 heterocycles. The van der Waals surface area contributed by atoms with E-state index in [1.54, 1.807) is 31.4 Å². The molecule has 0 aliphatic rings. The van der Waals surface area contributed by atoms with Crippen LogP contribution in [0, 0.1) is 0 Å². The lowest BCUT2D eigenvalue weighted by Gasteiger charge is -2.11. The highest BCUT2D eigenvalue weighted by Gasteiger charge is 2.30. The lowest BCUT2D eigenvalue weighted by atomic mass is 10.2. The van der Waals surface area contributed by atoms with Crippen molar-refractivity contribution in [2.24, 2.45) is 0 Å². The SMILES string of the molecule is COc1ccc(OCCCn2cc(C(F)(F)F)ccc2=O)cc1. The van der Waals surface area contributed by atoms with Crippen molar-refractivity contribution in [3.05, 3.63) is 58.5 Å². The molecule has 0 amide bonds. The molecule has 0 aliphatic heterocycles. The average Bonchev–Trinajstić information content (AvgIpc) is 2.52. The number of benzene rings is 1. The minimum Gasteiger partial charge on any atom is -0.497 e. The molecule has 0 fully saturated rings. The maximum atomic E-state index is 12.6. The fourth-order valence-electron chi connectivity index (χ4n) is 1.97. The third-order valence-electron chi connectivity index (χ3n) is 3.18. The Labute approximate surface area is 131 Å². The first-order chi connectivity index (χ1) is 10.9. The summed E-state index contributed by atoms with van der Waals surface area (Å²) in [7, 11) is 1.56. The minimum absolute atomic E-state index is 0.152. The van der Waals surface area contributed by atoms with Gasteiger partial charge in [-0.3, -0.25) is 4.79 Å². The lowest BCUT2D eigenvalue weighted by Crippen LogP contribution is -2.22. The van der Waals surface area contributed by atoms with Crippen LogP contribution in [0.15, 0.2) is 47.4 Å². The average molecular weight is 327 g/mol. The van der Waals surface area contributed by atoms with Crippen LogP contribution in [0.5, 0.6) is 11.5 Å². The zero-order valence-corrected chi connectivity index (χ0v) is 12.5. The van der Waals surface area contributed by atoms with Gasteiger partial charge < -0.3 is 14.0 Å². The van der Waals surface area contributed by atoms with Gasteiger partial charge >= 0.3 is 6.18 Å². The number of aromatic nitrogens is 1. The second-order valence-electron chi connectivity index (χ2n) is 4.82. The standard InChI is InChI=1S/C16H16F3NO3/c1-22-13-4-6-14(7-5-13)23-10-2-9-20-11-12(16(17,18)19)3-8-15(20)21/h3-8,11H,2,9-10H2,1H3. The second kappa shape index (κ2) is 7.21. The summed E-state index contributed by atoms with van der Waals surface area (Å²) in [6.45, 7) is 0.438. The Morgan fingerprint density at radius 2 is 1.70 bits per heavy atom. The highest BCUT2D eigenvalue weighted by Crippen LogP contribution is 2.28. The zero-order chi connectivity index (χ0) is 16.9. The number of hydrogen-bond acceptors (Lipinski definition) is 3. The summed E-state index contributed by atoms with van der Waals surface area (Å²) in [4.78, 5) is 11.6. The van der Waals surface area contributed by atoms with Crippen LogP contribution >= 0.6 is 0 Å². The van der Waals surface area contributed by atoms with E-state index >= 15 is 0 Å². The van der Waals surface area contributed by atoms with Gasteiger partial charge in [-0.15, -0.1) is 0 Å². The number of nitrogens with zero attached hydrogens (tertiary/aromatic N) is 1. The molecule has 0 N–H and O–H groups in total. The molecule has 2 rings (SSSR count). The molecule has 0 bridgehead atoms. The topological polar surface area (TPSA) is 40.5 Å². The number of halogens is 3. The zero-order valence-electron chi connectivity index (χ0n) is 12.5. The smallest absolute Gasteiger partial charge is 0.417 e. The quantitative estimate of drug-likeness (QED) is 0.764. The van der Waals surface area contributed by atoms with Crippen LogP contribution in [-0.4, -0.2) is 18.3 Å². The Bertz CT molecular complexity index is 693. The van der Waals surface area contributed by atoms with E-state index in [9.17, 15) is 18.0 Å². The molecule has 0 saturated carbocycles. The first kappa shape index (κ1) is 16.9. The predicted molar refractivity (Wildman–Crippen MR) is 78.8 cm³/mol.